The Kier molecular flexibility index (Phi) is 1.92. The van der Waals surface area contributed by atoms with Crippen molar-refractivity contribution in [2.75, 3.05) is 0 Å². The Hall–Kier alpha value is -1.91. The Balaban J connectivity index is 2.44. The van der Waals surface area contributed by atoms with Crippen molar-refractivity contribution < 1.29 is 4.79 Å². The lowest BCUT2D eigenvalue weighted by Crippen LogP contribution is -2.19. The molecule has 0 spiro atoms. The molecule has 14 heavy (non-hydrogen) atoms. The van der Waals surface area contributed by atoms with E-state index < -0.39 is 0 Å². The Morgan fingerprint density at radius 2 is 1.50 bits per heavy atom. The molecule has 0 saturated heterocycles. The molecule has 2 aromatic rings. The maximum atomic E-state index is 11.9. The third kappa shape index (κ3) is 1.22. The first kappa shape index (κ1) is 8.68. The molecule has 0 aliphatic heterocycles. The largest absolute Gasteiger partial charge is 0.339 e. The van der Waals surface area contributed by atoms with Gasteiger partial charge in [-0.2, -0.15) is 0 Å². The Morgan fingerprint density at radius 3 is 1.79 bits per heavy atom. The highest BCUT2D eigenvalue weighted by atomic mass is 16.2. The lowest BCUT2D eigenvalue weighted by atomic mass is 10.5. The Bertz CT molecular complexity index is 426. The fourth-order valence-corrected chi connectivity index (χ4v) is 1.24. The molecular formula is C9H10N4O. The van der Waals surface area contributed by atoms with Gasteiger partial charge in [-0.25, -0.2) is 14.8 Å². The van der Waals surface area contributed by atoms with Gasteiger partial charge >= 0.3 is 6.03 Å². The zero-order valence-electron chi connectivity index (χ0n) is 8.01. The zero-order chi connectivity index (χ0) is 10.1. The molecule has 5 heteroatoms. The molecular weight excluding hydrogens is 180 g/mol. The number of carbonyl (C=O) groups excluding carboxylic acids is 1. The van der Waals surface area contributed by atoms with Gasteiger partial charge in [0.2, 0.25) is 0 Å². The zero-order valence-corrected chi connectivity index (χ0v) is 8.01. The summed E-state index contributed by atoms with van der Waals surface area (Å²) in [7, 11) is 0. The summed E-state index contributed by atoms with van der Waals surface area (Å²) in [5.41, 5.74) is 1.62. The van der Waals surface area contributed by atoms with Gasteiger partial charge in [-0.05, 0) is 13.8 Å². The highest BCUT2D eigenvalue weighted by Gasteiger charge is 2.10. The van der Waals surface area contributed by atoms with Crippen LogP contribution in [-0.2, 0) is 0 Å². The molecule has 0 unspecified atom stereocenters. The third-order valence-electron chi connectivity index (χ3n) is 2.06. The summed E-state index contributed by atoms with van der Waals surface area (Å²) in [5, 5.41) is 0. The average Bonchev–Trinajstić information content (AvgIpc) is 2.73. The second-order valence-corrected chi connectivity index (χ2v) is 3.09. The number of nitrogens with zero attached hydrogens (tertiary/aromatic N) is 4. The maximum absolute atomic E-state index is 11.9. The average molecular weight is 190 g/mol. The predicted octanol–water partition coefficient (Wildman–Crippen LogP) is 1.21. The molecule has 0 fully saturated rings. The lowest BCUT2D eigenvalue weighted by molar-refractivity contribution is 0.243. The highest BCUT2D eigenvalue weighted by Crippen LogP contribution is 2.02. The molecule has 0 amide bonds. The van der Waals surface area contributed by atoms with Gasteiger partial charge in [0.15, 0.2) is 0 Å². The number of aromatic nitrogens is 4. The quantitative estimate of drug-likeness (QED) is 0.627. The predicted molar refractivity (Wildman–Crippen MR) is 50.1 cm³/mol. The van der Waals surface area contributed by atoms with Gasteiger partial charge in [-0.1, -0.05) is 0 Å². The second kappa shape index (κ2) is 3.10. The van der Waals surface area contributed by atoms with Crippen LogP contribution in [0.3, 0.4) is 0 Å². The van der Waals surface area contributed by atoms with E-state index in [-0.39, 0.29) is 6.03 Å². The molecule has 72 valence electrons. The second-order valence-electron chi connectivity index (χ2n) is 3.09. The summed E-state index contributed by atoms with van der Waals surface area (Å²) in [5.74, 6) is 0. The number of hydrogen-bond acceptors (Lipinski definition) is 3. The van der Waals surface area contributed by atoms with E-state index in [1.54, 1.807) is 12.4 Å². The number of rotatable bonds is 0. The van der Waals surface area contributed by atoms with E-state index in [0.29, 0.717) is 0 Å². The van der Waals surface area contributed by atoms with Crippen LogP contribution < -0.4 is 0 Å². The van der Waals surface area contributed by atoms with Crippen LogP contribution in [0.4, 0.5) is 4.79 Å². The summed E-state index contributed by atoms with van der Waals surface area (Å²) in [6.07, 6.45) is 6.28. The number of carbonyl (C=O) groups is 1. The van der Waals surface area contributed by atoms with Crippen molar-refractivity contribution in [3.8, 4) is 0 Å². The molecule has 0 radical (unpaired) electrons. The lowest BCUT2D eigenvalue weighted by Gasteiger charge is -2.04. The van der Waals surface area contributed by atoms with Gasteiger partial charge in [0.25, 0.3) is 0 Å². The van der Waals surface area contributed by atoms with Crippen LogP contribution in [0.2, 0.25) is 0 Å². The van der Waals surface area contributed by atoms with Crippen molar-refractivity contribution in [1.29, 1.82) is 0 Å². The minimum Gasteiger partial charge on any atom is -0.255 e. The molecule has 0 aliphatic rings. The summed E-state index contributed by atoms with van der Waals surface area (Å²) in [6.45, 7) is 3.66. The normalized spacial score (nSPS) is 10.4. The van der Waals surface area contributed by atoms with Crippen molar-refractivity contribution in [2.24, 2.45) is 0 Å². The Labute approximate surface area is 81.0 Å². The van der Waals surface area contributed by atoms with Gasteiger partial charge in [0.1, 0.15) is 12.7 Å². The van der Waals surface area contributed by atoms with Gasteiger partial charge < -0.3 is 0 Å². The fourth-order valence-electron chi connectivity index (χ4n) is 1.24. The molecule has 2 aromatic heterocycles. The van der Waals surface area contributed by atoms with E-state index in [2.05, 4.69) is 9.97 Å². The minimum absolute atomic E-state index is 0.157. The SMILES string of the molecule is Cc1cncn1C(=O)n1cncc1C. The molecule has 2 rings (SSSR count). The van der Waals surface area contributed by atoms with E-state index in [1.165, 1.54) is 21.8 Å². The van der Waals surface area contributed by atoms with Crippen molar-refractivity contribution in [3.05, 3.63) is 36.4 Å². The molecule has 0 saturated carbocycles. The summed E-state index contributed by atoms with van der Waals surface area (Å²) in [6, 6.07) is -0.157. The van der Waals surface area contributed by atoms with E-state index in [1.807, 2.05) is 13.8 Å². The van der Waals surface area contributed by atoms with Crippen LogP contribution in [0.5, 0.6) is 0 Å². The summed E-state index contributed by atoms with van der Waals surface area (Å²) in [4.78, 5) is 19.6. The highest BCUT2D eigenvalue weighted by molar-refractivity contribution is 5.80. The van der Waals surface area contributed by atoms with E-state index in [9.17, 15) is 4.79 Å². The molecule has 0 aliphatic carbocycles. The first-order chi connectivity index (χ1) is 6.70. The number of imidazole rings is 2. The molecule has 0 atom stereocenters. The monoisotopic (exact) mass is 190 g/mol. The molecule has 0 aromatic carbocycles. The van der Waals surface area contributed by atoms with E-state index >= 15 is 0 Å². The maximum Gasteiger partial charge on any atom is 0.339 e. The first-order valence-corrected chi connectivity index (χ1v) is 4.23. The van der Waals surface area contributed by atoms with Crippen molar-refractivity contribution in [2.45, 2.75) is 13.8 Å². The molecule has 0 N–H and O–H groups in total. The topological polar surface area (TPSA) is 52.7 Å². The van der Waals surface area contributed by atoms with E-state index in [4.69, 9.17) is 0 Å². The Morgan fingerprint density at radius 1 is 1.07 bits per heavy atom. The van der Waals surface area contributed by atoms with Gasteiger partial charge in [0, 0.05) is 23.8 Å². The summed E-state index contributed by atoms with van der Waals surface area (Å²) < 4.78 is 2.96. The molecule has 2 heterocycles. The number of aryl methyl sites for hydroxylation is 2. The standard InChI is InChI=1S/C9H10N4O/c1-7-3-10-5-12(7)9(14)13-6-11-4-8(13)2/h3-6H,1-2H3. The first-order valence-electron chi connectivity index (χ1n) is 4.23. The minimum atomic E-state index is -0.157. The molecule has 5 nitrogen and oxygen atoms in total. The van der Waals surface area contributed by atoms with Crippen LogP contribution >= 0.6 is 0 Å². The van der Waals surface area contributed by atoms with Crippen molar-refractivity contribution in [1.82, 2.24) is 19.1 Å². The van der Waals surface area contributed by atoms with Crippen LogP contribution in [0.25, 0.3) is 0 Å². The smallest absolute Gasteiger partial charge is 0.255 e. The molecule has 0 bridgehead atoms. The van der Waals surface area contributed by atoms with Crippen molar-refractivity contribution in [3.63, 3.8) is 0 Å². The van der Waals surface area contributed by atoms with Crippen LogP contribution in [0, 0.1) is 13.8 Å². The third-order valence-corrected chi connectivity index (χ3v) is 2.06. The van der Waals surface area contributed by atoms with Crippen LogP contribution in [-0.4, -0.2) is 25.1 Å². The van der Waals surface area contributed by atoms with E-state index in [0.717, 1.165) is 11.4 Å². The number of hydrogen-bond donors (Lipinski definition) is 0. The van der Waals surface area contributed by atoms with Gasteiger partial charge in [0.05, 0.1) is 0 Å². The van der Waals surface area contributed by atoms with Crippen molar-refractivity contribution >= 4 is 6.03 Å². The van der Waals surface area contributed by atoms with Crippen LogP contribution in [0.1, 0.15) is 11.4 Å². The van der Waals surface area contributed by atoms with Gasteiger partial charge in [-0.3, -0.25) is 9.13 Å². The fraction of sp³-hybridized carbons (Fsp3) is 0.222. The van der Waals surface area contributed by atoms with Gasteiger partial charge in [-0.15, -0.1) is 0 Å². The summed E-state index contributed by atoms with van der Waals surface area (Å²) >= 11 is 0. The van der Waals surface area contributed by atoms with Crippen LogP contribution in [0.15, 0.2) is 25.0 Å².